The Morgan fingerprint density at radius 3 is 1.68 bits per heavy atom. The van der Waals surface area contributed by atoms with Gasteiger partial charge in [-0.2, -0.15) is 9.97 Å². The van der Waals surface area contributed by atoms with E-state index >= 15 is 0 Å². The second kappa shape index (κ2) is 13.6. The zero-order valence-corrected chi connectivity index (χ0v) is 32.5. The third-order valence-corrected chi connectivity index (χ3v) is 12.7. The van der Waals surface area contributed by atoms with Crippen molar-refractivity contribution in [2.45, 2.75) is 10.3 Å². The van der Waals surface area contributed by atoms with Gasteiger partial charge < -0.3 is 9.47 Å². The van der Waals surface area contributed by atoms with Crippen molar-refractivity contribution in [3.05, 3.63) is 206 Å². The molecule has 0 spiro atoms. The van der Waals surface area contributed by atoms with Crippen molar-refractivity contribution in [3.63, 3.8) is 0 Å². The van der Waals surface area contributed by atoms with Crippen LogP contribution in [-0.2, 0) is 0 Å². The number of rotatable bonds is 6. The first-order chi connectivity index (χ1) is 29.3. The van der Waals surface area contributed by atoms with E-state index in [4.69, 9.17) is 15.0 Å². The summed E-state index contributed by atoms with van der Waals surface area (Å²) in [5.74, 6) is 1.81. The van der Waals surface area contributed by atoms with Crippen LogP contribution in [0.5, 0.6) is 0 Å². The Hall–Kier alpha value is -7.48. The fraction of sp³-hybridized carbons (Fsp3) is 0.0192. The minimum Gasteiger partial charge on any atom is -0.323 e. The highest BCUT2D eigenvalue weighted by Crippen LogP contribution is 2.55. The van der Waals surface area contributed by atoms with Crippen LogP contribution in [0.15, 0.2) is 205 Å². The molecule has 7 heteroatoms. The average Bonchev–Trinajstić information content (AvgIpc) is 3.96. The van der Waals surface area contributed by atoms with Gasteiger partial charge in [0.2, 0.25) is 5.95 Å². The molecule has 278 valence electrons. The fourth-order valence-electron chi connectivity index (χ4n) is 8.75. The van der Waals surface area contributed by atoms with Crippen molar-refractivity contribution in [2.24, 2.45) is 0 Å². The summed E-state index contributed by atoms with van der Waals surface area (Å²) in [6.07, 6.45) is 0. The van der Waals surface area contributed by atoms with Crippen LogP contribution in [0.4, 0.5) is 11.4 Å². The predicted molar refractivity (Wildman–Crippen MR) is 243 cm³/mol. The zero-order chi connectivity index (χ0) is 38.9. The first kappa shape index (κ1) is 33.6. The molecule has 0 bridgehead atoms. The maximum absolute atomic E-state index is 5.28. The van der Waals surface area contributed by atoms with Gasteiger partial charge in [-0.1, -0.05) is 151 Å². The van der Waals surface area contributed by atoms with Gasteiger partial charge >= 0.3 is 0 Å². The third-order valence-electron chi connectivity index (χ3n) is 11.4. The topological polar surface area (TPSA) is 51.8 Å². The lowest BCUT2D eigenvalue weighted by Crippen LogP contribution is -2.17. The predicted octanol–water partition coefficient (Wildman–Crippen LogP) is 13.3. The molecule has 11 aromatic rings. The molecule has 0 saturated carbocycles. The SMILES string of the molecule is c1ccc(-c2nc(-c3ccccc3)nc(-n3c4ccc(N5c6ccccc6SC5c5ccccc5)cc4c4cc5c6ccccc6n(-c6ccccc6)c5cc43)n2)cc1. The van der Waals surface area contributed by atoms with Crippen molar-refractivity contribution in [3.8, 4) is 34.4 Å². The summed E-state index contributed by atoms with van der Waals surface area (Å²) >= 11 is 1.90. The van der Waals surface area contributed by atoms with Crippen LogP contribution in [0, 0.1) is 0 Å². The highest BCUT2D eigenvalue weighted by molar-refractivity contribution is 8.00. The Morgan fingerprint density at radius 1 is 0.390 bits per heavy atom. The Bertz CT molecular complexity index is 3300. The summed E-state index contributed by atoms with van der Waals surface area (Å²) in [6.45, 7) is 0. The normalized spacial score (nSPS) is 13.8. The number of hydrogen-bond donors (Lipinski definition) is 0. The number of anilines is 2. The van der Waals surface area contributed by atoms with E-state index in [0.717, 1.165) is 55.3 Å². The van der Waals surface area contributed by atoms with Gasteiger partial charge in [-0.05, 0) is 66.2 Å². The van der Waals surface area contributed by atoms with Gasteiger partial charge in [-0.15, -0.1) is 0 Å². The minimum atomic E-state index is 0.0837. The second-order valence-electron chi connectivity index (χ2n) is 14.8. The van der Waals surface area contributed by atoms with Crippen molar-refractivity contribution in [2.75, 3.05) is 4.90 Å². The molecule has 12 rings (SSSR count). The van der Waals surface area contributed by atoms with Gasteiger partial charge in [-0.25, -0.2) is 4.98 Å². The lowest BCUT2D eigenvalue weighted by atomic mass is 10.1. The molecule has 3 aromatic heterocycles. The number of benzene rings is 8. The molecule has 0 fully saturated rings. The molecular weight excluding hydrogens is 741 g/mol. The van der Waals surface area contributed by atoms with E-state index in [1.54, 1.807) is 0 Å². The van der Waals surface area contributed by atoms with E-state index in [-0.39, 0.29) is 5.37 Å². The standard InChI is InChI=1S/C52H34N6S/c1-5-17-34(18-6-1)49-53-50(35-19-7-2-8-20-35)55-52(54-49)58-44-30-29-38(57-45-27-15-16-28-48(45)59-51(57)36-21-9-3-10-22-36)31-40(44)42-32-41-39-25-13-14-26-43(39)56(46(41)33-47(42)58)37-23-11-4-12-24-37/h1-33,51H. The molecule has 1 unspecified atom stereocenters. The first-order valence-electron chi connectivity index (χ1n) is 19.8. The molecule has 1 aliphatic rings. The highest BCUT2D eigenvalue weighted by Gasteiger charge is 2.33. The molecule has 1 aliphatic heterocycles. The quantitative estimate of drug-likeness (QED) is 0.168. The maximum atomic E-state index is 5.28. The van der Waals surface area contributed by atoms with Gasteiger partial charge in [0.25, 0.3) is 0 Å². The van der Waals surface area contributed by atoms with E-state index in [0.29, 0.717) is 17.6 Å². The lowest BCUT2D eigenvalue weighted by Gasteiger charge is -2.27. The number of aromatic nitrogens is 5. The molecule has 0 N–H and O–H groups in total. The number of nitrogens with zero attached hydrogens (tertiary/aromatic N) is 6. The van der Waals surface area contributed by atoms with Crippen LogP contribution in [0.1, 0.15) is 10.9 Å². The smallest absolute Gasteiger partial charge is 0.238 e. The molecule has 59 heavy (non-hydrogen) atoms. The summed E-state index contributed by atoms with van der Waals surface area (Å²) < 4.78 is 4.61. The van der Waals surface area contributed by atoms with E-state index in [1.807, 2.05) is 48.2 Å². The lowest BCUT2D eigenvalue weighted by molar-refractivity contribution is 0.951. The summed E-state index contributed by atoms with van der Waals surface area (Å²) in [5, 5.41) is 4.73. The summed E-state index contributed by atoms with van der Waals surface area (Å²) in [5.41, 5.74) is 10.9. The molecule has 6 nitrogen and oxygen atoms in total. The highest BCUT2D eigenvalue weighted by atomic mass is 32.2. The summed E-state index contributed by atoms with van der Waals surface area (Å²) in [7, 11) is 0. The maximum Gasteiger partial charge on any atom is 0.238 e. The Balaban J connectivity index is 1.18. The van der Waals surface area contributed by atoms with Crippen LogP contribution in [-0.4, -0.2) is 24.1 Å². The second-order valence-corrected chi connectivity index (χ2v) is 16.0. The first-order valence-corrected chi connectivity index (χ1v) is 20.7. The van der Waals surface area contributed by atoms with E-state index in [1.165, 1.54) is 26.9 Å². The Kier molecular flexibility index (Phi) is 7.74. The van der Waals surface area contributed by atoms with Crippen molar-refractivity contribution in [1.29, 1.82) is 0 Å². The van der Waals surface area contributed by atoms with E-state index in [9.17, 15) is 0 Å². The van der Waals surface area contributed by atoms with Gasteiger partial charge in [0.15, 0.2) is 11.6 Å². The molecule has 0 radical (unpaired) electrons. The minimum absolute atomic E-state index is 0.0837. The Morgan fingerprint density at radius 2 is 0.949 bits per heavy atom. The summed E-state index contributed by atoms with van der Waals surface area (Å²) in [4.78, 5) is 19.4. The number of thioether (sulfide) groups is 1. The van der Waals surface area contributed by atoms with E-state index < -0.39 is 0 Å². The third kappa shape index (κ3) is 5.47. The molecule has 8 aromatic carbocycles. The van der Waals surface area contributed by atoms with Crippen LogP contribution in [0.2, 0.25) is 0 Å². The van der Waals surface area contributed by atoms with Gasteiger partial charge in [-0.3, -0.25) is 4.57 Å². The van der Waals surface area contributed by atoms with E-state index in [2.05, 4.69) is 178 Å². The average molecular weight is 775 g/mol. The van der Waals surface area contributed by atoms with Gasteiger partial charge in [0, 0.05) is 48.9 Å². The van der Waals surface area contributed by atoms with Crippen LogP contribution < -0.4 is 4.90 Å². The number of hydrogen-bond acceptors (Lipinski definition) is 5. The van der Waals surface area contributed by atoms with Crippen LogP contribution in [0.3, 0.4) is 0 Å². The monoisotopic (exact) mass is 774 g/mol. The van der Waals surface area contributed by atoms with Gasteiger partial charge in [0.1, 0.15) is 5.37 Å². The largest absolute Gasteiger partial charge is 0.323 e. The molecule has 0 saturated heterocycles. The number of fused-ring (bicyclic) bond motifs is 7. The molecule has 0 aliphatic carbocycles. The van der Waals surface area contributed by atoms with Crippen molar-refractivity contribution >= 4 is 66.7 Å². The Labute approximate surface area is 344 Å². The molecular formula is C52H34N6S. The van der Waals surface area contributed by atoms with Crippen molar-refractivity contribution in [1.82, 2.24) is 24.1 Å². The summed E-state index contributed by atoms with van der Waals surface area (Å²) in [6, 6.07) is 70.9. The molecule has 0 amide bonds. The zero-order valence-electron chi connectivity index (χ0n) is 31.7. The molecule has 1 atom stereocenters. The van der Waals surface area contributed by atoms with Crippen molar-refractivity contribution < 1.29 is 0 Å². The molecule has 4 heterocycles. The van der Waals surface area contributed by atoms with Crippen LogP contribution >= 0.6 is 11.8 Å². The van der Waals surface area contributed by atoms with Crippen LogP contribution in [0.25, 0.3) is 78.0 Å². The van der Waals surface area contributed by atoms with Gasteiger partial charge in [0.05, 0.1) is 27.8 Å². The number of para-hydroxylation sites is 3. The fourth-order valence-corrected chi connectivity index (χ4v) is 10.1.